The Morgan fingerprint density at radius 1 is 0.500 bits per heavy atom. The van der Waals surface area contributed by atoms with Gasteiger partial charge in [0.1, 0.15) is 18.1 Å². The lowest BCUT2D eigenvalue weighted by Crippen LogP contribution is -2.61. The van der Waals surface area contributed by atoms with E-state index in [2.05, 4.69) is 21.3 Å². The fourth-order valence-corrected chi connectivity index (χ4v) is 11.0. The molecule has 0 bridgehead atoms. The molecule has 4 heterocycles. The number of hydrogen-bond acceptors (Lipinski definition) is 22. The van der Waals surface area contributed by atoms with E-state index in [0.717, 1.165) is 4.90 Å². The molecule has 4 fully saturated rings. The molecule has 4 aliphatic rings. The van der Waals surface area contributed by atoms with E-state index < -0.39 is 160 Å². The number of nitrogens with zero attached hydrogens (tertiary/aromatic N) is 9. The van der Waals surface area contributed by atoms with Gasteiger partial charge in [-0.15, -0.1) is 0 Å². The van der Waals surface area contributed by atoms with Gasteiger partial charge in [0.15, 0.2) is 0 Å². The molecule has 4 aliphatic heterocycles. The lowest BCUT2D eigenvalue weighted by atomic mass is 10.0. The van der Waals surface area contributed by atoms with Gasteiger partial charge in [0.05, 0.1) is 76.6 Å². The molecular weight excluding hydrogens is 1110 g/mol. The van der Waals surface area contributed by atoms with Gasteiger partial charge in [0.2, 0.25) is 29.5 Å². The highest BCUT2D eigenvalue weighted by molar-refractivity contribution is 5.95. The first-order valence-corrected chi connectivity index (χ1v) is 27.6. The van der Waals surface area contributed by atoms with E-state index in [4.69, 9.17) is 5.73 Å². The first-order valence-electron chi connectivity index (χ1n) is 27.6. The second-order valence-electron chi connectivity index (χ2n) is 21.2. The highest BCUT2D eigenvalue weighted by Gasteiger charge is 2.51. The molecule has 5 rings (SSSR count). The summed E-state index contributed by atoms with van der Waals surface area (Å²) in [5.74, 6) is -11.4. The van der Waals surface area contributed by atoms with Crippen LogP contribution < -0.4 is 27.0 Å². The number of primary amides is 1. The summed E-state index contributed by atoms with van der Waals surface area (Å²) in [7, 11) is 0. The topological polar surface area (TPSA) is 453 Å². The summed E-state index contributed by atoms with van der Waals surface area (Å²) in [5, 5.41) is 92.3. The minimum atomic E-state index is -1.62. The number of rotatable bonds is 24. The number of aliphatic carboxylic acids is 6. The molecule has 0 saturated carbocycles. The number of carbonyl (C=O) groups is 11. The van der Waals surface area contributed by atoms with Gasteiger partial charge in [-0.3, -0.25) is 91.9 Å². The summed E-state index contributed by atoms with van der Waals surface area (Å²) in [4.78, 5) is 155. The maximum absolute atomic E-state index is 15.1. The summed E-state index contributed by atoms with van der Waals surface area (Å²) in [5.41, 5.74) is 5.95. The SMILES string of the molecule is NC(=O)CNC(=O)[C@@H]1[C@H](N2CCN(CC(=O)O)CCN(CC(=O)O)CCN(CC(=O)O)CC2)[C@@H](O)CN1C(=O)[C@H](Cc1ccccc1)NC(=O)CNC(=O)[C@H]1NC[C@H](O)C1N1CCN(CC(=O)O)CCN(CC(=O)O)CCN(CC(=O)O)CC1. The quantitative estimate of drug-likeness (QED) is 0.0457. The summed E-state index contributed by atoms with van der Waals surface area (Å²) < 4.78 is 0. The fourth-order valence-electron chi connectivity index (χ4n) is 11.0. The van der Waals surface area contributed by atoms with Crippen molar-refractivity contribution in [3.05, 3.63) is 35.9 Å². The number of aliphatic hydroxyl groups excluding tert-OH is 2. The smallest absolute Gasteiger partial charge is 0.317 e. The zero-order valence-corrected chi connectivity index (χ0v) is 46.7. The van der Waals surface area contributed by atoms with Gasteiger partial charge < -0.3 is 72.8 Å². The van der Waals surface area contributed by atoms with E-state index in [1.54, 1.807) is 59.7 Å². The molecule has 1 aromatic carbocycles. The van der Waals surface area contributed by atoms with E-state index in [1.807, 2.05) is 0 Å². The highest BCUT2D eigenvalue weighted by atomic mass is 16.4. The maximum atomic E-state index is 15.1. The number of carboxylic acids is 6. The fraction of sp³-hybridized carbons (Fsp3) is 0.667. The van der Waals surface area contributed by atoms with Crippen LogP contribution in [0.1, 0.15) is 5.56 Å². The largest absolute Gasteiger partial charge is 0.480 e. The van der Waals surface area contributed by atoms with Crippen LogP contribution >= 0.6 is 0 Å². The van der Waals surface area contributed by atoms with Crippen LogP contribution in [-0.2, 0) is 59.2 Å². The van der Waals surface area contributed by atoms with Crippen molar-refractivity contribution < 1.29 is 93.6 Å². The normalized spacial score (nSPS) is 24.5. The predicted octanol–water partition coefficient (Wildman–Crippen LogP) is -8.98. The Hall–Kier alpha value is -7.05. The number of carboxylic acid groups (broad SMARTS) is 6. The Balaban J connectivity index is 1.40. The lowest BCUT2D eigenvalue weighted by molar-refractivity contribution is -0.143. The number of aliphatic hydroxyl groups is 2. The number of β-amino-alcohol motifs (C(OH)–C–C–N with tert-alkyl or cyclic N) is 2. The standard InChI is InChI=1S/C51H80N14O19/c52-37(68)24-54-50(83)48-47(64-20-16-61(31-43(78)79)12-8-58(28-40(72)73)9-13-62(17-21-64)32-44(80)81)36(67)26-65(48)51(84)34(22-33-4-2-1-3-5-33)56-38(69)25-55-49(82)45-46(35(66)23-53-45)63-18-14-59(29-41(74)75)10-6-57(27-39(70)71)7-11-60(15-19-63)30-42(76)77/h1-5,34-36,45-48,53,66-67H,6-32H2,(H2,52,68)(H,54,83)(H,55,82)(H,56,69)(H,70,71)(H,72,73)(H,74,75)(H,76,77)(H,78,79)(H,80,81)/t34-,35-,36-,45-,46?,47+,48-/m0/s1. The molecule has 0 aromatic heterocycles. The molecule has 4 saturated heterocycles. The molecule has 468 valence electrons. The average Bonchev–Trinajstić information content (AvgIpc) is 3.09. The van der Waals surface area contributed by atoms with Gasteiger partial charge in [0.25, 0.3) is 0 Å². The Morgan fingerprint density at radius 3 is 1.25 bits per heavy atom. The Labute approximate surface area is 483 Å². The van der Waals surface area contributed by atoms with Gasteiger partial charge in [-0.25, -0.2) is 0 Å². The van der Waals surface area contributed by atoms with Crippen LogP contribution in [0, 0.1) is 0 Å². The number of nitrogens with one attached hydrogen (secondary N) is 4. The summed E-state index contributed by atoms with van der Waals surface area (Å²) in [6, 6.07) is 1.80. The molecule has 1 aromatic rings. The summed E-state index contributed by atoms with van der Waals surface area (Å²) >= 11 is 0. The third-order valence-electron chi connectivity index (χ3n) is 15.1. The average molecular weight is 1190 g/mol. The lowest BCUT2D eigenvalue weighted by Gasteiger charge is -2.39. The van der Waals surface area contributed by atoms with Gasteiger partial charge in [0, 0.05) is 124 Å². The molecule has 84 heavy (non-hydrogen) atoms. The number of carbonyl (C=O) groups excluding carboxylic acids is 5. The second-order valence-corrected chi connectivity index (χ2v) is 21.2. The number of likely N-dealkylation sites (tertiary alicyclic amines) is 1. The first-order chi connectivity index (χ1) is 39.9. The van der Waals surface area contributed by atoms with Gasteiger partial charge in [-0.2, -0.15) is 0 Å². The van der Waals surface area contributed by atoms with Gasteiger partial charge in [-0.05, 0) is 5.56 Å². The third kappa shape index (κ3) is 22.2. The molecule has 1 unspecified atom stereocenters. The van der Waals surface area contributed by atoms with Crippen LogP contribution in [0.15, 0.2) is 30.3 Å². The van der Waals surface area contributed by atoms with Crippen molar-refractivity contribution in [3.63, 3.8) is 0 Å². The monoisotopic (exact) mass is 1190 g/mol. The van der Waals surface area contributed by atoms with Crippen LogP contribution in [0.5, 0.6) is 0 Å². The molecule has 0 aliphatic carbocycles. The summed E-state index contributed by atoms with van der Waals surface area (Å²) in [6.45, 7) is -3.75. The summed E-state index contributed by atoms with van der Waals surface area (Å²) in [6.07, 6.45) is -2.91. The number of nitrogens with two attached hydrogens (primary N) is 1. The predicted molar refractivity (Wildman–Crippen MR) is 292 cm³/mol. The van der Waals surface area contributed by atoms with Crippen molar-refractivity contribution in [1.29, 1.82) is 0 Å². The zero-order valence-electron chi connectivity index (χ0n) is 46.7. The molecule has 33 heteroatoms. The molecular formula is C51H80N14O19. The zero-order chi connectivity index (χ0) is 61.6. The van der Waals surface area contributed by atoms with E-state index in [1.165, 1.54) is 9.80 Å². The Kier molecular flexibility index (Phi) is 27.0. The van der Waals surface area contributed by atoms with Crippen molar-refractivity contribution >= 4 is 65.4 Å². The van der Waals surface area contributed by atoms with Gasteiger partial charge in [-0.1, -0.05) is 30.3 Å². The van der Waals surface area contributed by atoms with Crippen LogP contribution in [-0.4, -0.2) is 363 Å². The number of amides is 5. The second kappa shape index (κ2) is 33.4. The number of benzene rings is 1. The molecule has 7 atom stereocenters. The Bertz CT molecular complexity index is 2390. The molecule has 5 amide bonds. The van der Waals surface area contributed by atoms with E-state index in [9.17, 15) is 88.8 Å². The van der Waals surface area contributed by atoms with Crippen molar-refractivity contribution in [2.45, 2.75) is 48.8 Å². The molecule has 0 radical (unpaired) electrons. The van der Waals surface area contributed by atoms with Gasteiger partial charge >= 0.3 is 35.8 Å². The van der Waals surface area contributed by atoms with Crippen LogP contribution in [0.25, 0.3) is 0 Å². The maximum Gasteiger partial charge on any atom is 0.317 e. The van der Waals surface area contributed by atoms with E-state index in [0.29, 0.717) is 5.56 Å². The first kappa shape index (κ1) is 67.7. The van der Waals surface area contributed by atoms with Crippen molar-refractivity contribution in [2.75, 3.05) is 170 Å². The van der Waals surface area contributed by atoms with Crippen LogP contribution in [0.3, 0.4) is 0 Å². The Morgan fingerprint density at radius 2 is 0.869 bits per heavy atom. The van der Waals surface area contributed by atoms with Crippen molar-refractivity contribution in [2.24, 2.45) is 5.73 Å². The highest BCUT2D eigenvalue weighted by Crippen LogP contribution is 2.27. The number of hydrogen-bond donors (Lipinski definition) is 13. The molecule has 33 nitrogen and oxygen atoms in total. The molecule has 14 N–H and O–H groups in total. The van der Waals surface area contributed by atoms with E-state index in [-0.39, 0.29) is 124 Å². The van der Waals surface area contributed by atoms with Crippen molar-refractivity contribution in [3.8, 4) is 0 Å². The molecule has 0 spiro atoms. The third-order valence-corrected chi connectivity index (χ3v) is 15.1. The minimum Gasteiger partial charge on any atom is -0.480 e. The minimum absolute atomic E-state index is 0.0290. The van der Waals surface area contributed by atoms with Crippen molar-refractivity contribution in [1.82, 2.24) is 65.4 Å². The van der Waals surface area contributed by atoms with Crippen LogP contribution in [0.4, 0.5) is 0 Å². The van der Waals surface area contributed by atoms with E-state index >= 15 is 4.79 Å². The van der Waals surface area contributed by atoms with Crippen LogP contribution in [0.2, 0.25) is 0 Å².